The van der Waals surface area contributed by atoms with Crippen molar-refractivity contribution < 1.29 is 0 Å². The van der Waals surface area contributed by atoms with Gasteiger partial charge in [0, 0.05) is 54.5 Å². The van der Waals surface area contributed by atoms with E-state index in [0.717, 1.165) is 0 Å². The van der Waals surface area contributed by atoms with E-state index < -0.39 is 14.5 Å². The van der Waals surface area contributed by atoms with Crippen molar-refractivity contribution >= 4 is 14.5 Å². The molecule has 0 aliphatic rings. The Balaban J connectivity index is 3.16. The van der Waals surface area contributed by atoms with E-state index >= 15 is 0 Å². The third-order valence-corrected chi connectivity index (χ3v) is 7.99. The first kappa shape index (κ1) is 26.1. The zero-order valence-electron chi connectivity index (χ0n) is 20.5. The Labute approximate surface area is 179 Å². The lowest BCUT2D eigenvalue weighted by Gasteiger charge is -2.21. The summed E-state index contributed by atoms with van der Waals surface area (Å²) in [5.41, 5.74) is 6.76. The third kappa shape index (κ3) is 11.3. The van der Waals surface area contributed by atoms with Crippen LogP contribution in [0.5, 0.6) is 0 Å². The van der Waals surface area contributed by atoms with Gasteiger partial charge >= 0.3 is 0 Å². The van der Waals surface area contributed by atoms with Crippen LogP contribution in [0.2, 0.25) is 0 Å². The molecule has 0 amide bonds. The summed E-state index contributed by atoms with van der Waals surface area (Å²) >= 11 is 0. The van der Waals surface area contributed by atoms with E-state index in [-0.39, 0.29) is 0 Å². The van der Waals surface area contributed by atoms with Crippen molar-refractivity contribution in [2.45, 2.75) is 90.4 Å². The van der Waals surface area contributed by atoms with Crippen LogP contribution in [0.3, 0.4) is 0 Å². The molecule has 28 heavy (non-hydrogen) atoms. The van der Waals surface area contributed by atoms with Gasteiger partial charge in [-0.15, -0.1) is 0 Å². The van der Waals surface area contributed by atoms with Crippen molar-refractivity contribution in [1.82, 2.24) is 0 Å². The molecule has 0 unspecified atom stereocenters. The Kier molecular flexibility index (Phi) is 11.8. The second kappa shape index (κ2) is 12.7. The fourth-order valence-electron chi connectivity index (χ4n) is 4.06. The van der Waals surface area contributed by atoms with Crippen LogP contribution in [0, 0.1) is 0 Å². The summed E-state index contributed by atoms with van der Waals surface area (Å²) in [6, 6.07) is 5.33. The third-order valence-electron chi connectivity index (χ3n) is 5.41. The highest BCUT2D eigenvalue weighted by Crippen LogP contribution is 2.53. The Morgan fingerprint density at radius 2 is 0.857 bits per heavy atom. The van der Waals surface area contributed by atoms with Gasteiger partial charge in [-0.2, -0.15) is 0 Å². The Hall–Kier alpha value is 0.0800. The zero-order chi connectivity index (χ0) is 21.2. The average molecular weight is 425 g/mol. The summed E-state index contributed by atoms with van der Waals surface area (Å²) in [6.07, 6.45) is 16.2. The fourth-order valence-corrected chi connectivity index (χ4v) is 6.69. The largest absolute Gasteiger partial charge is 0.0837 e. The Morgan fingerprint density at radius 1 is 0.500 bits per heavy atom. The van der Waals surface area contributed by atoms with Crippen molar-refractivity contribution in [3.63, 3.8) is 0 Å². The molecule has 1 aromatic rings. The van der Waals surface area contributed by atoms with Crippen LogP contribution in [0.4, 0.5) is 0 Å². The molecule has 0 saturated carbocycles. The van der Waals surface area contributed by atoms with Gasteiger partial charge in [-0.05, 0) is 47.9 Å². The minimum Gasteiger partial charge on any atom is -0.0654 e. The van der Waals surface area contributed by atoms with E-state index in [1.54, 1.807) is 22.3 Å². The van der Waals surface area contributed by atoms with Crippen molar-refractivity contribution in [1.29, 1.82) is 0 Å². The molecule has 0 saturated heterocycles. The van der Waals surface area contributed by atoms with E-state index in [4.69, 9.17) is 0 Å². The minimum absolute atomic E-state index is 0.815. The molecule has 0 aliphatic heterocycles. The lowest BCUT2D eigenvalue weighted by molar-refractivity contribution is 0.660. The van der Waals surface area contributed by atoms with Gasteiger partial charge in [0.2, 0.25) is 0 Å². The Bertz CT molecular complexity index is 509. The molecule has 1 aromatic carbocycles. The minimum atomic E-state index is -0.815. The van der Waals surface area contributed by atoms with Crippen molar-refractivity contribution in [3.05, 3.63) is 34.4 Å². The highest BCUT2D eigenvalue weighted by atomic mass is 31.2. The second-order valence-electron chi connectivity index (χ2n) is 10.9. The topological polar surface area (TPSA) is 0 Å². The van der Waals surface area contributed by atoms with E-state index in [2.05, 4.69) is 66.0 Å². The van der Waals surface area contributed by atoms with Crippen LogP contribution in [0.1, 0.15) is 87.5 Å². The zero-order valence-corrected chi connectivity index (χ0v) is 22.3. The van der Waals surface area contributed by atoms with Gasteiger partial charge in [0.05, 0.1) is 12.3 Å². The normalized spacial score (nSPS) is 12.6. The molecular formula is C26H50P2+2. The lowest BCUT2D eigenvalue weighted by atomic mass is 9.93. The SMILES string of the molecule is CCCCCCc1cc(C[P+](C)(C)C)c(CCCCCC)cc1C[P+](C)(C)C. The first-order valence-electron chi connectivity index (χ1n) is 11.8. The predicted molar refractivity (Wildman–Crippen MR) is 139 cm³/mol. The number of hydrogen-bond acceptors (Lipinski definition) is 0. The summed E-state index contributed by atoms with van der Waals surface area (Å²) in [4.78, 5) is 0. The lowest BCUT2D eigenvalue weighted by Crippen LogP contribution is -2.05. The second-order valence-corrected chi connectivity index (χ2v) is 20.7. The van der Waals surface area contributed by atoms with Crippen LogP contribution in [0.15, 0.2) is 12.1 Å². The first-order chi connectivity index (χ1) is 13.1. The first-order valence-corrected chi connectivity index (χ1v) is 18.4. The average Bonchev–Trinajstić information content (AvgIpc) is 2.55. The summed E-state index contributed by atoms with van der Waals surface area (Å²) in [7, 11) is -1.63. The van der Waals surface area contributed by atoms with Gasteiger partial charge in [-0.3, -0.25) is 0 Å². The predicted octanol–water partition coefficient (Wildman–Crippen LogP) is 8.75. The van der Waals surface area contributed by atoms with Gasteiger partial charge in [0.1, 0.15) is 0 Å². The van der Waals surface area contributed by atoms with Crippen LogP contribution in [0.25, 0.3) is 0 Å². The standard InChI is InChI=1S/C26H50P2/c1-9-11-13-15-17-23-19-26(22-28(6,7)8)24(18-16-14-12-10-2)20-25(23)21-27(3,4)5/h19-20H,9-18,21-22H2,1-8H3/q+2. The molecule has 0 bridgehead atoms. The molecular weight excluding hydrogens is 374 g/mol. The van der Waals surface area contributed by atoms with E-state index in [1.807, 2.05) is 0 Å². The van der Waals surface area contributed by atoms with Crippen molar-refractivity contribution in [2.75, 3.05) is 40.0 Å². The van der Waals surface area contributed by atoms with Gasteiger partial charge in [0.25, 0.3) is 0 Å². The van der Waals surface area contributed by atoms with E-state index in [0.29, 0.717) is 0 Å². The number of hydrogen-bond donors (Lipinski definition) is 0. The molecule has 1 rings (SSSR count). The maximum atomic E-state index is 2.66. The van der Waals surface area contributed by atoms with Gasteiger partial charge in [-0.1, -0.05) is 64.5 Å². The highest BCUT2D eigenvalue weighted by molar-refractivity contribution is 7.73. The summed E-state index contributed by atoms with van der Waals surface area (Å²) in [5, 5.41) is 0. The molecule has 0 spiro atoms. The molecule has 0 fully saturated rings. The smallest absolute Gasteiger partial charge is 0.0654 e. The van der Waals surface area contributed by atoms with Crippen LogP contribution >= 0.6 is 14.5 Å². The Morgan fingerprint density at radius 3 is 1.14 bits per heavy atom. The van der Waals surface area contributed by atoms with Crippen molar-refractivity contribution in [2.24, 2.45) is 0 Å². The molecule has 162 valence electrons. The maximum absolute atomic E-state index is 2.66. The number of rotatable bonds is 14. The highest BCUT2D eigenvalue weighted by Gasteiger charge is 2.24. The molecule has 0 aromatic heterocycles. The summed E-state index contributed by atoms with van der Waals surface area (Å²) < 4.78 is 0. The number of aryl methyl sites for hydroxylation is 2. The van der Waals surface area contributed by atoms with Gasteiger partial charge in [0.15, 0.2) is 0 Å². The molecule has 2 heteroatoms. The molecule has 0 heterocycles. The van der Waals surface area contributed by atoms with E-state index in [1.165, 1.54) is 76.5 Å². The monoisotopic (exact) mass is 424 g/mol. The molecule has 0 aliphatic carbocycles. The van der Waals surface area contributed by atoms with E-state index in [9.17, 15) is 0 Å². The van der Waals surface area contributed by atoms with Gasteiger partial charge in [-0.25, -0.2) is 0 Å². The van der Waals surface area contributed by atoms with Gasteiger partial charge < -0.3 is 0 Å². The number of unbranched alkanes of at least 4 members (excludes halogenated alkanes) is 6. The summed E-state index contributed by atoms with van der Waals surface area (Å²) in [6.45, 7) is 19.6. The molecule has 0 radical (unpaired) electrons. The fraction of sp³-hybridized carbons (Fsp3) is 0.769. The quantitative estimate of drug-likeness (QED) is 0.207. The molecule has 0 nitrogen and oxygen atoms in total. The molecule has 0 N–H and O–H groups in total. The summed E-state index contributed by atoms with van der Waals surface area (Å²) in [5.74, 6) is 0. The number of benzene rings is 1. The van der Waals surface area contributed by atoms with Crippen LogP contribution in [-0.2, 0) is 25.2 Å². The van der Waals surface area contributed by atoms with Crippen LogP contribution in [-0.4, -0.2) is 40.0 Å². The maximum Gasteiger partial charge on any atom is 0.0837 e. The molecule has 0 atom stereocenters. The van der Waals surface area contributed by atoms with Crippen LogP contribution < -0.4 is 0 Å². The van der Waals surface area contributed by atoms with Crippen molar-refractivity contribution in [3.8, 4) is 0 Å².